The second-order valence-corrected chi connectivity index (χ2v) is 3.02. The average Bonchev–Trinajstić information content (AvgIpc) is 2.08. The number of benzene rings is 1. The Morgan fingerprint density at radius 2 is 1.40 bits per heavy atom. The van der Waals surface area contributed by atoms with Gasteiger partial charge in [0.15, 0.2) is 0 Å². The molecule has 0 heterocycles. The van der Waals surface area contributed by atoms with Crippen molar-refractivity contribution in [2.45, 2.75) is 0 Å². The van der Waals surface area contributed by atoms with E-state index in [4.69, 9.17) is 49.1 Å². The van der Waals surface area contributed by atoms with Crippen molar-refractivity contribution in [3.8, 4) is 0 Å². The van der Waals surface area contributed by atoms with Gasteiger partial charge in [0.25, 0.3) is 0 Å². The molecule has 0 unspecified atom stereocenters. The van der Waals surface area contributed by atoms with E-state index in [1.54, 1.807) is 0 Å². The maximum atomic E-state index is 7.30. The topological polar surface area (TPSA) is 0 Å². The summed E-state index contributed by atoms with van der Waals surface area (Å²) in [7, 11) is 0. The minimum absolute atomic E-state index is 0.00210. The lowest BCUT2D eigenvalue weighted by Gasteiger charge is -1.97. The monoisotopic (exact) mass is 216 g/mol. The minimum Gasteiger partial charge on any atom is -0.0842 e. The zero-order chi connectivity index (χ0) is 9.46. The summed E-state index contributed by atoms with van der Waals surface area (Å²) in [5.74, 6) is 0. The zero-order valence-electron chi connectivity index (χ0n) is 6.51. The summed E-state index contributed by atoms with van der Waals surface area (Å²) in [5.41, 5.74) is 0. The maximum absolute atomic E-state index is 7.30. The predicted molar refractivity (Wildman–Crippen MR) is 46.5 cm³/mol. The zero-order valence-corrected chi connectivity index (χ0v) is 7.54. The van der Waals surface area contributed by atoms with Gasteiger partial charge in [0, 0.05) is 5.02 Å². The second-order valence-electron chi connectivity index (χ2n) is 1.51. The van der Waals surface area contributed by atoms with Crippen molar-refractivity contribution in [1.82, 2.24) is 0 Å². The van der Waals surface area contributed by atoms with Crippen molar-refractivity contribution < 1.29 is 2.74 Å². The fourth-order valence-corrected chi connectivity index (χ4v) is 1.24. The molecule has 10 heavy (non-hydrogen) atoms. The highest BCUT2D eigenvalue weighted by Crippen LogP contribution is 2.32. The lowest BCUT2D eigenvalue weighted by Crippen LogP contribution is -1.71. The van der Waals surface area contributed by atoms with Gasteiger partial charge in [-0.15, -0.1) is 0 Å². The molecule has 4 heteroatoms. The van der Waals surface area contributed by atoms with E-state index in [-0.39, 0.29) is 32.2 Å². The van der Waals surface area contributed by atoms with E-state index >= 15 is 0 Å². The first-order chi connectivity index (χ1) is 5.46. The fourth-order valence-electron chi connectivity index (χ4n) is 0.430. The van der Waals surface area contributed by atoms with E-state index in [1.807, 2.05) is 0 Å². The molecule has 0 fully saturated rings. The van der Waals surface area contributed by atoms with E-state index in [0.29, 0.717) is 0 Å². The summed E-state index contributed by atoms with van der Waals surface area (Å²) in [6.07, 6.45) is 0. The molecule has 0 aliphatic heterocycles. The smallest absolute Gasteiger partial charge is 0.0779 e. The van der Waals surface area contributed by atoms with Crippen LogP contribution in [0.2, 0.25) is 20.1 Å². The first-order valence-electron chi connectivity index (χ1n) is 3.26. The van der Waals surface area contributed by atoms with Crippen LogP contribution in [0.15, 0.2) is 12.1 Å². The largest absolute Gasteiger partial charge is 0.0842 e. The molecule has 0 atom stereocenters. The summed E-state index contributed by atoms with van der Waals surface area (Å²) in [4.78, 5) is 0. The Kier molecular flexibility index (Phi) is 1.90. The molecular formula is C6H2Cl4. The highest BCUT2D eigenvalue weighted by atomic mass is 35.5. The van der Waals surface area contributed by atoms with Crippen LogP contribution in [0.1, 0.15) is 2.74 Å². The Morgan fingerprint density at radius 3 is 1.80 bits per heavy atom. The third-order valence-electron chi connectivity index (χ3n) is 0.824. The molecule has 54 valence electrons. The molecule has 1 aromatic carbocycles. The maximum Gasteiger partial charge on any atom is 0.0779 e. The summed E-state index contributed by atoms with van der Waals surface area (Å²) in [6, 6.07) is -0.338. The highest BCUT2D eigenvalue weighted by molar-refractivity contribution is 6.49. The first-order valence-corrected chi connectivity index (χ1v) is 3.77. The molecule has 0 bridgehead atoms. The van der Waals surface area contributed by atoms with Gasteiger partial charge in [-0.2, -0.15) is 0 Å². The fraction of sp³-hybridized carbons (Fsp3) is 0. The number of rotatable bonds is 0. The van der Waals surface area contributed by atoms with Gasteiger partial charge >= 0.3 is 0 Å². The normalized spacial score (nSPS) is 12.8. The number of hydrogen-bond acceptors (Lipinski definition) is 0. The van der Waals surface area contributed by atoms with Gasteiger partial charge in [0.05, 0.1) is 17.8 Å². The molecular weight excluding hydrogens is 214 g/mol. The van der Waals surface area contributed by atoms with Gasteiger partial charge in [0.1, 0.15) is 0 Å². The molecule has 0 spiro atoms. The van der Waals surface area contributed by atoms with Crippen molar-refractivity contribution in [1.29, 1.82) is 0 Å². The van der Waals surface area contributed by atoms with Crippen molar-refractivity contribution >= 4 is 46.4 Å². The Labute approximate surface area is 81.5 Å². The Morgan fingerprint density at radius 1 is 1.00 bits per heavy atom. The van der Waals surface area contributed by atoms with Crippen molar-refractivity contribution in [3.63, 3.8) is 0 Å². The van der Waals surface area contributed by atoms with Gasteiger partial charge in [-0.1, -0.05) is 46.4 Å². The van der Waals surface area contributed by atoms with Gasteiger partial charge in [0.2, 0.25) is 0 Å². The van der Waals surface area contributed by atoms with Gasteiger partial charge in [-0.05, 0) is 12.1 Å². The molecule has 1 aromatic rings. The average molecular weight is 218 g/mol. The summed E-state index contributed by atoms with van der Waals surface area (Å²) in [6.45, 7) is 0. The van der Waals surface area contributed by atoms with Crippen molar-refractivity contribution in [3.05, 3.63) is 32.2 Å². The van der Waals surface area contributed by atoms with Crippen molar-refractivity contribution in [2.24, 2.45) is 0 Å². The van der Waals surface area contributed by atoms with Crippen LogP contribution in [0, 0.1) is 0 Å². The van der Waals surface area contributed by atoms with Gasteiger partial charge < -0.3 is 0 Å². The molecule has 0 aliphatic rings. The SMILES string of the molecule is [2H]c1c(Cl)c([2H])c(Cl)c(Cl)c1Cl. The molecule has 0 nitrogen and oxygen atoms in total. The predicted octanol–water partition coefficient (Wildman–Crippen LogP) is 4.30. The molecule has 1 rings (SSSR count). The van der Waals surface area contributed by atoms with Crippen LogP contribution in [0.4, 0.5) is 0 Å². The number of halogens is 4. The second kappa shape index (κ2) is 3.19. The first kappa shape index (κ1) is 5.96. The lowest BCUT2D eigenvalue weighted by molar-refractivity contribution is 1.70. The Hall–Kier alpha value is 0.380. The van der Waals surface area contributed by atoms with Gasteiger partial charge in [-0.3, -0.25) is 0 Å². The van der Waals surface area contributed by atoms with Crippen molar-refractivity contribution in [2.75, 3.05) is 0 Å². The third kappa shape index (κ3) is 1.70. The van der Waals surface area contributed by atoms with E-state index < -0.39 is 0 Å². The minimum atomic E-state index is -0.169. The Balaban J connectivity index is 3.60. The van der Waals surface area contributed by atoms with Crippen LogP contribution in [-0.2, 0) is 0 Å². The lowest BCUT2D eigenvalue weighted by atomic mass is 10.4. The van der Waals surface area contributed by atoms with Crippen LogP contribution in [0.25, 0.3) is 0 Å². The summed E-state index contributed by atoms with van der Waals surface area (Å²) < 4.78 is 14.6. The molecule has 0 saturated carbocycles. The summed E-state index contributed by atoms with van der Waals surface area (Å²) in [5, 5.41) is -0.141. The molecule has 0 amide bonds. The van der Waals surface area contributed by atoms with Crippen LogP contribution in [0.3, 0.4) is 0 Å². The molecule has 0 N–H and O–H groups in total. The number of hydrogen-bond donors (Lipinski definition) is 0. The summed E-state index contributed by atoms with van der Waals surface area (Å²) >= 11 is 22.3. The molecule has 0 aliphatic carbocycles. The van der Waals surface area contributed by atoms with Gasteiger partial charge in [-0.25, -0.2) is 0 Å². The Bertz CT molecular complexity index is 232. The van der Waals surface area contributed by atoms with Crippen LogP contribution < -0.4 is 0 Å². The molecule has 0 radical (unpaired) electrons. The molecule has 0 aromatic heterocycles. The van der Waals surface area contributed by atoms with E-state index in [0.717, 1.165) is 0 Å². The van der Waals surface area contributed by atoms with Crippen LogP contribution in [-0.4, -0.2) is 0 Å². The van der Waals surface area contributed by atoms with E-state index in [1.165, 1.54) is 0 Å². The van der Waals surface area contributed by atoms with E-state index in [2.05, 4.69) is 0 Å². The van der Waals surface area contributed by atoms with Crippen LogP contribution in [0.5, 0.6) is 0 Å². The highest BCUT2D eigenvalue weighted by Gasteiger charge is 2.03. The third-order valence-corrected chi connectivity index (χ3v) is 2.15. The quantitative estimate of drug-likeness (QED) is 0.449. The van der Waals surface area contributed by atoms with Crippen LogP contribution >= 0.6 is 46.4 Å². The molecule has 0 saturated heterocycles. The standard InChI is InChI=1S/C6H2Cl4/c7-3-1-4(8)6(10)5(9)2-3/h1-2H/i1D,2D. The van der Waals surface area contributed by atoms with E-state index in [9.17, 15) is 0 Å².